The zero-order chi connectivity index (χ0) is 26.4. The topological polar surface area (TPSA) is 76.5 Å². The van der Waals surface area contributed by atoms with E-state index in [9.17, 15) is 14.0 Å². The van der Waals surface area contributed by atoms with Crippen LogP contribution in [0.4, 0.5) is 10.1 Å². The molecule has 0 radical (unpaired) electrons. The summed E-state index contributed by atoms with van der Waals surface area (Å²) in [5, 5.41) is 7.74. The lowest BCUT2D eigenvalue weighted by molar-refractivity contribution is -0.130. The standard InChI is InChI=1S/C29H24BrFN4O3/c1-17-28(37)34(13-12-18-2-3-20-15-26(36)32-25(20)14-18)29(38-17)27-24(19-4-8-22(31)9-5-19)16-35(33-27)23-10-6-21(30)7-11-23/h2-11,14,16-17,29H,12-13,15H2,1H3,(H,32,36)/t17-,29+/m1/s1. The Morgan fingerprint density at radius 3 is 2.61 bits per heavy atom. The Hall–Kier alpha value is -3.82. The van der Waals surface area contributed by atoms with Crippen LogP contribution in [0.3, 0.4) is 0 Å². The van der Waals surface area contributed by atoms with E-state index in [2.05, 4.69) is 21.2 Å². The summed E-state index contributed by atoms with van der Waals surface area (Å²) in [7, 11) is 0. The number of carbonyl (C=O) groups is 2. The summed E-state index contributed by atoms with van der Waals surface area (Å²) < 4.78 is 22.6. The van der Waals surface area contributed by atoms with Gasteiger partial charge in [-0.2, -0.15) is 5.10 Å². The van der Waals surface area contributed by atoms with Crippen LogP contribution < -0.4 is 5.32 Å². The second-order valence-electron chi connectivity index (χ2n) is 9.48. The van der Waals surface area contributed by atoms with Gasteiger partial charge in [-0.3, -0.25) is 9.59 Å². The SMILES string of the molecule is C[C@H]1O[C@@H](c2nn(-c3ccc(Br)cc3)cc2-c2ccc(F)cc2)N(CCc2ccc3c(c2)NC(=O)C3)C1=O. The number of fused-ring (bicyclic) bond motifs is 1. The molecule has 0 aliphatic carbocycles. The van der Waals surface area contributed by atoms with Crippen LogP contribution in [0, 0.1) is 5.82 Å². The van der Waals surface area contributed by atoms with Crippen molar-refractivity contribution in [3.05, 3.63) is 100 Å². The first-order valence-corrected chi connectivity index (χ1v) is 13.1. The van der Waals surface area contributed by atoms with Gasteiger partial charge in [0, 0.05) is 28.5 Å². The minimum atomic E-state index is -0.705. The summed E-state index contributed by atoms with van der Waals surface area (Å²) >= 11 is 3.46. The predicted octanol–water partition coefficient (Wildman–Crippen LogP) is 5.42. The van der Waals surface area contributed by atoms with Gasteiger partial charge in [-0.1, -0.05) is 40.2 Å². The Morgan fingerprint density at radius 1 is 1.08 bits per heavy atom. The third-order valence-corrected chi connectivity index (χ3v) is 7.44. The molecule has 0 bridgehead atoms. The summed E-state index contributed by atoms with van der Waals surface area (Å²) in [6.07, 6.45) is 1.52. The molecule has 0 unspecified atom stereocenters. The number of ether oxygens (including phenoxy) is 1. The van der Waals surface area contributed by atoms with E-state index < -0.39 is 12.3 Å². The number of nitrogens with one attached hydrogen (secondary N) is 1. The first-order chi connectivity index (χ1) is 18.4. The van der Waals surface area contributed by atoms with Gasteiger partial charge in [0.15, 0.2) is 6.23 Å². The smallest absolute Gasteiger partial charge is 0.253 e. The van der Waals surface area contributed by atoms with Gasteiger partial charge in [-0.25, -0.2) is 9.07 Å². The van der Waals surface area contributed by atoms with Crippen LogP contribution in [0.2, 0.25) is 0 Å². The van der Waals surface area contributed by atoms with Gasteiger partial charge in [0.05, 0.1) is 12.1 Å². The normalized spacial score (nSPS) is 18.7. The highest BCUT2D eigenvalue weighted by Gasteiger charge is 2.41. The minimum absolute atomic E-state index is 0.0103. The number of carbonyl (C=O) groups excluding carboxylic acids is 2. The molecule has 2 aliphatic rings. The van der Waals surface area contributed by atoms with Crippen molar-refractivity contribution in [3.63, 3.8) is 0 Å². The highest BCUT2D eigenvalue weighted by Crippen LogP contribution is 2.37. The third kappa shape index (κ3) is 4.63. The molecule has 9 heteroatoms. The average Bonchev–Trinajstić information content (AvgIpc) is 3.58. The lowest BCUT2D eigenvalue weighted by Crippen LogP contribution is -2.32. The molecular formula is C29H24BrFN4O3. The van der Waals surface area contributed by atoms with Crippen LogP contribution in [-0.4, -0.2) is 39.1 Å². The largest absolute Gasteiger partial charge is 0.339 e. The molecule has 1 fully saturated rings. The Morgan fingerprint density at radius 2 is 1.84 bits per heavy atom. The average molecular weight is 575 g/mol. The van der Waals surface area contributed by atoms with Crippen molar-refractivity contribution in [2.75, 3.05) is 11.9 Å². The fraction of sp³-hybridized carbons (Fsp3) is 0.207. The van der Waals surface area contributed by atoms with E-state index in [0.29, 0.717) is 25.1 Å². The number of rotatable bonds is 6. The van der Waals surface area contributed by atoms with Crippen molar-refractivity contribution in [2.24, 2.45) is 0 Å². The molecule has 3 heterocycles. The van der Waals surface area contributed by atoms with Crippen LogP contribution >= 0.6 is 15.9 Å². The van der Waals surface area contributed by atoms with E-state index in [1.54, 1.807) is 28.6 Å². The van der Waals surface area contributed by atoms with Gasteiger partial charge in [-0.15, -0.1) is 0 Å². The van der Waals surface area contributed by atoms with E-state index in [-0.39, 0.29) is 17.6 Å². The Balaban J connectivity index is 1.34. The molecule has 1 N–H and O–H groups in total. The molecule has 0 spiro atoms. The van der Waals surface area contributed by atoms with Gasteiger partial charge < -0.3 is 15.0 Å². The minimum Gasteiger partial charge on any atom is -0.339 e. The number of halogens is 2. The molecule has 2 amide bonds. The predicted molar refractivity (Wildman–Crippen MR) is 144 cm³/mol. The summed E-state index contributed by atoms with van der Waals surface area (Å²) in [6.45, 7) is 2.15. The van der Waals surface area contributed by atoms with Crippen LogP contribution in [0.15, 0.2) is 77.4 Å². The first kappa shape index (κ1) is 24.5. The molecule has 3 aromatic carbocycles. The van der Waals surface area contributed by atoms with Crippen LogP contribution in [0.5, 0.6) is 0 Å². The van der Waals surface area contributed by atoms with Crippen LogP contribution in [0.1, 0.15) is 30.0 Å². The Labute approximate surface area is 227 Å². The van der Waals surface area contributed by atoms with E-state index in [1.165, 1.54) is 12.1 Å². The fourth-order valence-corrected chi connectivity index (χ4v) is 5.19. The van der Waals surface area contributed by atoms with Crippen molar-refractivity contribution < 1.29 is 18.7 Å². The molecule has 38 heavy (non-hydrogen) atoms. The van der Waals surface area contributed by atoms with E-state index in [4.69, 9.17) is 9.84 Å². The molecule has 7 nitrogen and oxygen atoms in total. The van der Waals surface area contributed by atoms with Gasteiger partial charge in [0.25, 0.3) is 5.91 Å². The molecule has 0 saturated carbocycles. The number of aromatic nitrogens is 2. The highest BCUT2D eigenvalue weighted by molar-refractivity contribution is 9.10. The second-order valence-corrected chi connectivity index (χ2v) is 10.4. The number of amides is 2. The number of hydrogen-bond donors (Lipinski definition) is 1. The molecule has 6 rings (SSSR count). The monoisotopic (exact) mass is 574 g/mol. The van der Waals surface area contributed by atoms with Crippen molar-refractivity contribution in [2.45, 2.75) is 32.1 Å². The lowest BCUT2D eigenvalue weighted by atomic mass is 10.0. The van der Waals surface area contributed by atoms with Crippen molar-refractivity contribution in [1.29, 1.82) is 0 Å². The van der Waals surface area contributed by atoms with Crippen molar-refractivity contribution >= 4 is 33.4 Å². The van der Waals surface area contributed by atoms with Crippen LogP contribution in [0.25, 0.3) is 16.8 Å². The maximum Gasteiger partial charge on any atom is 0.253 e. The fourth-order valence-electron chi connectivity index (χ4n) is 4.93. The van der Waals surface area contributed by atoms with E-state index in [1.807, 2.05) is 48.7 Å². The molecule has 1 saturated heterocycles. The maximum atomic E-state index is 13.7. The van der Waals surface area contributed by atoms with E-state index >= 15 is 0 Å². The van der Waals surface area contributed by atoms with Crippen molar-refractivity contribution in [1.82, 2.24) is 14.7 Å². The molecule has 2 aliphatic heterocycles. The van der Waals surface area contributed by atoms with Crippen LogP contribution in [-0.2, 0) is 27.2 Å². The maximum absolute atomic E-state index is 13.7. The molecule has 1 aromatic heterocycles. The first-order valence-electron chi connectivity index (χ1n) is 12.3. The van der Waals surface area contributed by atoms with Gasteiger partial charge >= 0.3 is 0 Å². The van der Waals surface area contributed by atoms with Crippen molar-refractivity contribution in [3.8, 4) is 16.8 Å². The number of benzene rings is 3. The summed E-state index contributed by atoms with van der Waals surface area (Å²) in [5.74, 6) is -0.458. The Kier molecular flexibility index (Phi) is 6.33. The zero-order valence-electron chi connectivity index (χ0n) is 20.5. The molecule has 192 valence electrons. The van der Waals surface area contributed by atoms with Gasteiger partial charge in [0.1, 0.15) is 17.6 Å². The highest BCUT2D eigenvalue weighted by atomic mass is 79.9. The van der Waals surface area contributed by atoms with E-state index in [0.717, 1.165) is 38.1 Å². The molecular weight excluding hydrogens is 551 g/mol. The quantitative estimate of drug-likeness (QED) is 0.333. The number of nitrogens with zero attached hydrogens (tertiary/aromatic N) is 3. The second kappa shape index (κ2) is 9.81. The summed E-state index contributed by atoms with van der Waals surface area (Å²) in [6, 6.07) is 19.8. The summed E-state index contributed by atoms with van der Waals surface area (Å²) in [5.41, 5.74) is 5.77. The number of anilines is 1. The van der Waals surface area contributed by atoms with Gasteiger partial charge in [0.2, 0.25) is 5.91 Å². The molecule has 4 aromatic rings. The summed E-state index contributed by atoms with van der Waals surface area (Å²) in [4.78, 5) is 26.6. The van der Waals surface area contributed by atoms with Gasteiger partial charge in [-0.05, 0) is 72.5 Å². The Bertz CT molecular complexity index is 1530. The zero-order valence-corrected chi connectivity index (χ0v) is 22.1. The lowest BCUT2D eigenvalue weighted by Gasteiger charge is -2.23. The molecule has 2 atom stereocenters. The number of hydrogen-bond acceptors (Lipinski definition) is 4. The third-order valence-electron chi connectivity index (χ3n) is 6.91.